The highest BCUT2D eigenvalue weighted by molar-refractivity contribution is 5.78. The fraction of sp³-hybridized carbons (Fsp3) is 0.429. The lowest BCUT2D eigenvalue weighted by molar-refractivity contribution is -0.142. The number of aromatic nitrogens is 1. The Bertz CT molecular complexity index is 836. The van der Waals surface area contributed by atoms with Crippen LogP contribution in [0.15, 0.2) is 42.5 Å². The number of morpholine rings is 1. The van der Waals surface area contributed by atoms with Crippen LogP contribution in [0, 0.1) is 5.92 Å². The largest absolute Gasteiger partial charge is 0.416 e. The second-order valence-electron chi connectivity index (χ2n) is 7.18. The van der Waals surface area contributed by atoms with Crippen molar-refractivity contribution in [3.05, 3.63) is 65.0 Å². The van der Waals surface area contributed by atoms with Gasteiger partial charge in [0.1, 0.15) is 6.10 Å². The van der Waals surface area contributed by atoms with Crippen LogP contribution in [0.1, 0.15) is 42.5 Å². The predicted octanol–water partition coefficient (Wildman–Crippen LogP) is 4.25. The Morgan fingerprint density at radius 3 is 2.68 bits per heavy atom. The summed E-state index contributed by atoms with van der Waals surface area (Å²) in [4.78, 5) is 18.5. The molecule has 0 aliphatic carbocycles. The number of nitrogens with zero attached hydrogens (tertiary/aromatic N) is 2. The molecule has 1 aliphatic heterocycles. The van der Waals surface area contributed by atoms with Crippen LogP contribution in [0.25, 0.3) is 0 Å². The predicted molar refractivity (Wildman–Crippen MR) is 98.6 cm³/mol. The van der Waals surface area contributed by atoms with E-state index >= 15 is 0 Å². The van der Waals surface area contributed by atoms with Crippen molar-refractivity contribution < 1.29 is 22.7 Å². The minimum atomic E-state index is -4.40. The zero-order valence-corrected chi connectivity index (χ0v) is 15.9. The Kier molecular flexibility index (Phi) is 6.03. The van der Waals surface area contributed by atoms with E-state index in [2.05, 4.69) is 4.98 Å². The average Bonchev–Trinajstić information content (AvgIpc) is 2.67. The molecule has 7 heteroatoms. The molecule has 1 aromatic heterocycles. The van der Waals surface area contributed by atoms with E-state index in [1.54, 1.807) is 29.2 Å². The smallest absolute Gasteiger partial charge is 0.368 e. The molecule has 1 saturated heterocycles. The molecule has 0 radical (unpaired) electrons. The molecule has 28 heavy (non-hydrogen) atoms. The van der Waals surface area contributed by atoms with Crippen LogP contribution in [0.4, 0.5) is 13.2 Å². The lowest BCUT2D eigenvalue weighted by atomic mass is 10.0. The van der Waals surface area contributed by atoms with E-state index in [1.165, 1.54) is 12.1 Å². The van der Waals surface area contributed by atoms with Gasteiger partial charge in [0.2, 0.25) is 5.91 Å². The van der Waals surface area contributed by atoms with Crippen molar-refractivity contribution in [2.75, 3.05) is 19.7 Å². The second-order valence-corrected chi connectivity index (χ2v) is 7.18. The summed E-state index contributed by atoms with van der Waals surface area (Å²) >= 11 is 0. The van der Waals surface area contributed by atoms with Gasteiger partial charge in [0.05, 0.1) is 24.4 Å². The fourth-order valence-corrected chi connectivity index (χ4v) is 3.32. The van der Waals surface area contributed by atoms with Gasteiger partial charge in [-0.2, -0.15) is 13.2 Å². The van der Waals surface area contributed by atoms with Crippen molar-refractivity contribution in [1.82, 2.24) is 9.88 Å². The summed E-state index contributed by atoms with van der Waals surface area (Å²) in [5.41, 5.74) is 0.694. The van der Waals surface area contributed by atoms with Gasteiger partial charge in [-0.25, -0.2) is 0 Å². The van der Waals surface area contributed by atoms with E-state index < -0.39 is 11.7 Å². The Hall–Kier alpha value is -2.41. The molecule has 1 aromatic carbocycles. The van der Waals surface area contributed by atoms with Crippen molar-refractivity contribution in [2.45, 2.75) is 32.5 Å². The van der Waals surface area contributed by atoms with Gasteiger partial charge in [-0.1, -0.05) is 38.1 Å². The quantitative estimate of drug-likeness (QED) is 0.781. The van der Waals surface area contributed by atoms with E-state index in [0.717, 1.165) is 6.07 Å². The third-order valence-electron chi connectivity index (χ3n) is 4.72. The average molecular weight is 392 g/mol. The molecule has 2 heterocycles. The molecule has 1 fully saturated rings. The first kappa shape index (κ1) is 20.3. The van der Waals surface area contributed by atoms with Crippen LogP contribution >= 0.6 is 0 Å². The lowest BCUT2D eigenvalue weighted by Crippen LogP contribution is -2.44. The van der Waals surface area contributed by atoms with Crippen LogP contribution in [0.5, 0.6) is 0 Å². The topological polar surface area (TPSA) is 42.4 Å². The summed E-state index contributed by atoms with van der Waals surface area (Å²) < 4.78 is 45.5. The van der Waals surface area contributed by atoms with Crippen LogP contribution in [0.2, 0.25) is 0 Å². The third-order valence-corrected chi connectivity index (χ3v) is 4.72. The van der Waals surface area contributed by atoms with Gasteiger partial charge in [0.15, 0.2) is 0 Å². The highest BCUT2D eigenvalue weighted by Gasteiger charge is 2.33. The highest BCUT2D eigenvalue weighted by atomic mass is 19.4. The van der Waals surface area contributed by atoms with Crippen LogP contribution in [-0.4, -0.2) is 35.5 Å². The van der Waals surface area contributed by atoms with E-state index in [9.17, 15) is 18.0 Å². The summed E-state index contributed by atoms with van der Waals surface area (Å²) in [6.45, 7) is 5.04. The number of halogens is 3. The number of alkyl halides is 3. The normalized spacial score (nSPS) is 17.8. The molecule has 1 amide bonds. The number of pyridine rings is 1. The number of benzene rings is 1. The Morgan fingerprint density at radius 1 is 1.21 bits per heavy atom. The number of hydrogen-bond donors (Lipinski definition) is 0. The monoisotopic (exact) mass is 392 g/mol. The second kappa shape index (κ2) is 8.31. The maximum absolute atomic E-state index is 13.2. The number of ether oxygens (including phenoxy) is 1. The van der Waals surface area contributed by atoms with Crippen LogP contribution < -0.4 is 0 Å². The molecule has 0 spiro atoms. The molecule has 4 nitrogen and oxygen atoms in total. The fourth-order valence-electron chi connectivity index (χ4n) is 3.32. The number of carbonyl (C=O) groups excluding carboxylic acids is 1. The molecular formula is C21H23F3N2O2. The molecule has 1 aliphatic rings. The Labute approximate surface area is 162 Å². The summed E-state index contributed by atoms with van der Waals surface area (Å²) in [6, 6.07) is 10.8. The molecule has 150 valence electrons. The standard InChI is InChI=1S/C21H23F3N2O2/c1-14(2)20(27)26-10-11-28-19(13-26)18-9-5-7-16(25-18)12-15-6-3-4-8-17(15)21(22,23)24/h3-9,14,19H,10-13H2,1-2H3/t19-/m0/s1. The minimum Gasteiger partial charge on any atom is -0.368 e. The zero-order chi connectivity index (χ0) is 20.3. The Morgan fingerprint density at radius 2 is 1.96 bits per heavy atom. The molecule has 0 bridgehead atoms. The van der Waals surface area contributed by atoms with E-state index in [-0.39, 0.29) is 29.9 Å². The summed E-state index contributed by atoms with van der Waals surface area (Å²) in [5, 5.41) is 0. The van der Waals surface area contributed by atoms with E-state index in [0.29, 0.717) is 31.1 Å². The molecule has 3 rings (SSSR count). The summed E-state index contributed by atoms with van der Waals surface area (Å²) in [5.74, 6) is -0.0412. The van der Waals surface area contributed by atoms with Crippen molar-refractivity contribution >= 4 is 5.91 Å². The first-order chi connectivity index (χ1) is 13.3. The van der Waals surface area contributed by atoms with Gasteiger partial charge in [-0.05, 0) is 23.8 Å². The van der Waals surface area contributed by atoms with E-state index in [1.807, 2.05) is 13.8 Å². The number of carbonyl (C=O) groups is 1. The van der Waals surface area contributed by atoms with Gasteiger partial charge in [-0.3, -0.25) is 9.78 Å². The van der Waals surface area contributed by atoms with Crippen molar-refractivity contribution in [3.8, 4) is 0 Å². The van der Waals surface area contributed by atoms with Crippen LogP contribution in [-0.2, 0) is 22.1 Å². The molecule has 2 aromatic rings. The number of hydrogen-bond acceptors (Lipinski definition) is 3. The summed E-state index contributed by atoms with van der Waals surface area (Å²) in [6.07, 6.45) is -4.71. The zero-order valence-electron chi connectivity index (χ0n) is 15.9. The van der Waals surface area contributed by atoms with Gasteiger partial charge < -0.3 is 9.64 Å². The number of rotatable bonds is 4. The van der Waals surface area contributed by atoms with Gasteiger partial charge in [0, 0.05) is 24.6 Å². The van der Waals surface area contributed by atoms with Crippen molar-refractivity contribution in [2.24, 2.45) is 5.92 Å². The van der Waals surface area contributed by atoms with Gasteiger partial charge in [0.25, 0.3) is 0 Å². The van der Waals surface area contributed by atoms with Gasteiger partial charge in [-0.15, -0.1) is 0 Å². The van der Waals surface area contributed by atoms with Crippen LogP contribution in [0.3, 0.4) is 0 Å². The minimum absolute atomic E-state index is 0.0589. The van der Waals surface area contributed by atoms with Crippen molar-refractivity contribution in [1.29, 1.82) is 0 Å². The highest BCUT2D eigenvalue weighted by Crippen LogP contribution is 2.33. The third kappa shape index (κ3) is 4.70. The molecule has 0 N–H and O–H groups in total. The Balaban J connectivity index is 1.79. The molecule has 0 unspecified atom stereocenters. The first-order valence-electron chi connectivity index (χ1n) is 9.27. The van der Waals surface area contributed by atoms with E-state index in [4.69, 9.17) is 4.74 Å². The first-order valence-corrected chi connectivity index (χ1v) is 9.27. The number of amides is 1. The maximum atomic E-state index is 13.2. The molecular weight excluding hydrogens is 369 g/mol. The summed E-state index contributed by atoms with van der Waals surface area (Å²) in [7, 11) is 0. The molecule has 0 saturated carbocycles. The maximum Gasteiger partial charge on any atom is 0.416 e. The molecule has 1 atom stereocenters. The SMILES string of the molecule is CC(C)C(=O)N1CCO[C@H](c2cccc(Cc3ccccc3C(F)(F)F)n2)C1. The lowest BCUT2D eigenvalue weighted by Gasteiger charge is -2.33. The van der Waals surface area contributed by atoms with Gasteiger partial charge >= 0.3 is 6.18 Å². The van der Waals surface area contributed by atoms with Crippen molar-refractivity contribution in [3.63, 3.8) is 0 Å².